The molecule has 0 saturated carbocycles. The largest absolute Gasteiger partial charge is 0.380 e. The Morgan fingerprint density at radius 3 is 2.38 bits per heavy atom. The van der Waals surface area contributed by atoms with E-state index in [-0.39, 0.29) is 6.04 Å². The topological polar surface area (TPSA) is 12.5 Å². The van der Waals surface area contributed by atoms with E-state index in [1.54, 1.807) is 11.5 Å². The van der Waals surface area contributed by atoms with Crippen LogP contribution in [0.15, 0.2) is 11.6 Å². The van der Waals surface area contributed by atoms with Crippen molar-refractivity contribution in [2.75, 3.05) is 20.8 Å². The number of rotatable bonds is 5. The van der Waals surface area contributed by atoms with Crippen molar-refractivity contribution in [3.05, 3.63) is 11.6 Å². The zero-order chi connectivity index (χ0) is 10.4. The molecule has 0 heterocycles. The fourth-order valence-electron chi connectivity index (χ4n) is 1.27. The van der Waals surface area contributed by atoms with Crippen molar-refractivity contribution in [2.24, 2.45) is 5.92 Å². The molecule has 0 aliphatic carbocycles. The molecule has 0 aromatic rings. The van der Waals surface area contributed by atoms with Gasteiger partial charge in [0.2, 0.25) is 0 Å². The minimum atomic E-state index is 0.275. The van der Waals surface area contributed by atoms with Crippen LogP contribution in [0.5, 0.6) is 0 Å². The average molecular weight is 206 g/mol. The zero-order valence-corrected chi connectivity index (χ0v) is 9.93. The standard InChI is InChI=1S/C10H20ClNO/c1-8(2)10(12(4)11)6-9(3)7-13-5/h6,8,10H,7H2,1-5H3/t10-/m1/s1. The van der Waals surface area contributed by atoms with Gasteiger partial charge >= 0.3 is 0 Å². The third-order valence-corrected chi connectivity index (χ3v) is 2.15. The molecule has 0 N–H and O–H groups in total. The van der Waals surface area contributed by atoms with Gasteiger partial charge in [0.1, 0.15) is 0 Å². The maximum absolute atomic E-state index is 5.93. The molecule has 13 heavy (non-hydrogen) atoms. The Morgan fingerprint density at radius 2 is 2.08 bits per heavy atom. The van der Waals surface area contributed by atoms with Gasteiger partial charge in [-0.25, -0.2) is 4.42 Å². The normalized spacial score (nSPS) is 15.5. The molecule has 3 heteroatoms. The Balaban J connectivity index is 4.31. The Hall–Kier alpha value is -0.0500. The van der Waals surface area contributed by atoms with E-state index in [4.69, 9.17) is 16.5 Å². The van der Waals surface area contributed by atoms with Gasteiger partial charge in [-0.2, -0.15) is 0 Å². The highest BCUT2D eigenvalue weighted by atomic mass is 35.5. The van der Waals surface area contributed by atoms with Gasteiger partial charge in [0.05, 0.1) is 6.61 Å². The molecule has 0 fully saturated rings. The number of ether oxygens (including phenoxy) is 1. The highest BCUT2D eigenvalue weighted by Gasteiger charge is 2.14. The van der Waals surface area contributed by atoms with Crippen LogP contribution in [0.4, 0.5) is 0 Å². The number of methoxy groups -OCH3 is 1. The lowest BCUT2D eigenvalue weighted by molar-refractivity contribution is 0.224. The number of halogens is 1. The number of nitrogens with zero attached hydrogens (tertiary/aromatic N) is 1. The molecule has 0 aromatic carbocycles. The van der Waals surface area contributed by atoms with Crippen LogP contribution in [-0.2, 0) is 4.74 Å². The smallest absolute Gasteiger partial charge is 0.0670 e. The molecular formula is C10H20ClNO. The van der Waals surface area contributed by atoms with Crippen LogP contribution in [0.3, 0.4) is 0 Å². The van der Waals surface area contributed by atoms with Crippen LogP contribution in [0.2, 0.25) is 0 Å². The summed E-state index contributed by atoms with van der Waals surface area (Å²) in [5.74, 6) is 0.509. The second kappa shape index (κ2) is 6.41. The average Bonchev–Trinajstić information content (AvgIpc) is 1.99. The Kier molecular flexibility index (Phi) is 6.39. The molecule has 0 aromatic heterocycles. The lowest BCUT2D eigenvalue weighted by Crippen LogP contribution is -2.27. The quantitative estimate of drug-likeness (QED) is 0.506. The SMILES string of the molecule is COCC(C)=C[C@H](C(C)C)N(C)Cl. The second-order valence-corrected chi connectivity index (χ2v) is 4.24. The second-order valence-electron chi connectivity index (χ2n) is 3.71. The van der Waals surface area contributed by atoms with E-state index in [9.17, 15) is 0 Å². The highest BCUT2D eigenvalue weighted by Crippen LogP contribution is 2.14. The summed E-state index contributed by atoms with van der Waals surface area (Å²) >= 11 is 5.93. The van der Waals surface area contributed by atoms with Crippen LogP contribution in [0.1, 0.15) is 20.8 Å². The van der Waals surface area contributed by atoms with E-state index in [0.717, 1.165) is 0 Å². The summed E-state index contributed by atoms with van der Waals surface area (Å²) in [4.78, 5) is 0. The minimum absolute atomic E-state index is 0.275. The monoisotopic (exact) mass is 205 g/mol. The first-order valence-electron chi connectivity index (χ1n) is 4.53. The molecular weight excluding hydrogens is 186 g/mol. The summed E-state index contributed by atoms with van der Waals surface area (Å²) in [6.45, 7) is 7.04. The van der Waals surface area contributed by atoms with Gasteiger partial charge in [-0.05, 0) is 24.6 Å². The summed E-state index contributed by atoms with van der Waals surface area (Å²) in [6.07, 6.45) is 2.15. The van der Waals surface area contributed by atoms with E-state index >= 15 is 0 Å². The van der Waals surface area contributed by atoms with Crippen LogP contribution < -0.4 is 0 Å². The van der Waals surface area contributed by atoms with Crippen molar-refractivity contribution in [2.45, 2.75) is 26.8 Å². The van der Waals surface area contributed by atoms with E-state index in [1.807, 2.05) is 7.05 Å². The van der Waals surface area contributed by atoms with Gasteiger partial charge in [-0.15, -0.1) is 0 Å². The molecule has 0 rings (SSSR count). The summed E-state index contributed by atoms with van der Waals surface area (Å²) in [6, 6.07) is 0.275. The van der Waals surface area contributed by atoms with Crippen LogP contribution in [-0.4, -0.2) is 31.2 Å². The number of likely N-dealkylation sites (N-methyl/N-ethyl adjacent to an activating group) is 1. The maximum atomic E-state index is 5.93. The van der Waals surface area contributed by atoms with Gasteiger partial charge in [0, 0.05) is 20.2 Å². The van der Waals surface area contributed by atoms with E-state index in [0.29, 0.717) is 12.5 Å². The van der Waals surface area contributed by atoms with Crippen molar-refractivity contribution < 1.29 is 4.74 Å². The van der Waals surface area contributed by atoms with Gasteiger partial charge in [-0.3, -0.25) is 0 Å². The molecule has 0 amide bonds. The van der Waals surface area contributed by atoms with Crippen molar-refractivity contribution in [3.63, 3.8) is 0 Å². The Labute approximate surface area is 86.6 Å². The van der Waals surface area contributed by atoms with Crippen molar-refractivity contribution in [1.29, 1.82) is 0 Å². The van der Waals surface area contributed by atoms with Crippen molar-refractivity contribution in [3.8, 4) is 0 Å². The molecule has 0 saturated heterocycles. The molecule has 0 unspecified atom stereocenters. The van der Waals surface area contributed by atoms with Crippen LogP contribution >= 0.6 is 11.8 Å². The fourth-order valence-corrected chi connectivity index (χ4v) is 1.55. The lowest BCUT2D eigenvalue weighted by Gasteiger charge is -2.23. The van der Waals surface area contributed by atoms with Crippen LogP contribution in [0, 0.1) is 5.92 Å². The highest BCUT2D eigenvalue weighted by molar-refractivity contribution is 6.13. The molecule has 0 aliphatic heterocycles. The summed E-state index contributed by atoms with van der Waals surface area (Å²) in [5.41, 5.74) is 1.22. The molecule has 0 radical (unpaired) electrons. The molecule has 1 atom stereocenters. The Morgan fingerprint density at radius 1 is 1.54 bits per heavy atom. The van der Waals surface area contributed by atoms with Gasteiger partial charge < -0.3 is 4.74 Å². The lowest BCUT2D eigenvalue weighted by atomic mass is 10.0. The first-order chi connectivity index (χ1) is 5.99. The maximum Gasteiger partial charge on any atom is 0.0670 e. The van der Waals surface area contributed by atoms with Crippen molar-refractivity contribution >= 4 is 11.8 Å². The summed E-state index contributed by atoms with van der Waals surface area (Å²) in [5, 5.41) is 0. The summed E-state index contributed by atoms with van der Waals surface area (Å²) in [7, 11) is 3.58. The fraction of sp³-hybridized carbons (Fsp3) is 0.800. The summed E-state index contributed by atoms with van der Waals surface area (Å²) < 4.78 is 6.75. The van der Waals surface area contributed by atoms with Crippen molar-refractivity contribution in [1.82, 2.24) is 4.42 Å². The minimum Gasteiger partial charge on any atom is -0.380 e. The molecule has 0 bridgehead atoms. The molecule has 2 nitrogen and oxygen atoms in total. The van der Waals surface area contributed by atoms with Crippen LogP contribution in [0.25, 0.3) is 0 Å². The first kappa shape index (κ1) is 12.9. The van der Waals surface area contributed by atoms with Gasteiger partial charge in [0.15, 0.2) is 0 Å². The molecule has 0 aliphatic rings. The predicted octanol–water partition coefficient (Wildman–Crippen LogP) is 2.69. The number of hydrogen-bond donors (Lipinski definition) is 0. The first-order valence-corrected chi connectivity index (χ1v) is 4.87. The van der Waals surface area contributed by atoms with E-state index < -0.39 is 0 Å². The third-order valence-electron chi connectivity index (χ3n) is 1.92. The zero-order valence-electron chi connectivity index (χ0n) is 9.17. The number of hydrogen-bond acceptors (Lipinski definition) is 2. The van der Waals surface area contributed by atoms with E-state index in [2.05, 4.69) is 26.8 Å². The molecule has 78 valence electrons. The van der Waals surface area contributed by atoms with Gasteiger partial charge in [-0.1, -0.05) is 25.5 Å². The molecule has 0 spiro atoms. The Bertz CT molecular complexity index is 158. The third kappa shape index (κ3) is 5.29. The van der Waals surface area contributed by atoms with Gasteiger partial charge in [0.25, 0.3) is 0 Å². The van der Waals surface area contributed by atoms with E-state index in [1.165, 1.54) is 5.57 Å². The predicted molar refractivity (Wildman–Crippen MR) is 57.9 cm³/mol.